The molecule has 1 rings (SSSR count). The molecule has 0 saturated heterocycles. The number of amides is 1. The van der Waals surface area contributed by atoms with Crippen LogP contribution in [-0.2, 0) is 22.6 Å². The Labute approximate surface area is 118 Å². The monoisotopic (exact) mass is 282 g/mol. The molecule has 0 radical (unpaired) electrons. The van der Waals surface area contributed by atoms with Crippen LogP contribution in [0.4, 0.5) is 0 Å². The van der Waals surface area contributed by atoms with Crippen molar-refractivity contribution in [2.24, 2.45) is 0 Å². The molecule has 20 heavy (non-hydrogen) atoms. The lowest BCUT2D eigenvalue weighted by atomic mass is 10.1. The Morgan fingerprint density at radius 3 is 2.85 bits per heavy atom. The highest BCUT2D eigenvalue weighted by Crippen LogP contribution is 2.03. The van der Waals surface area contributed by atoms with E-state index < -0.39 is 5.97 Å². The summed E-state index contributed by atoms with van der Waals surface area (Å²) in [4.78, 5) is 21.9. The first-order chi connectivity index (χ1) is 9.61. The fourth-order valence-electron chi connectivity index (χ4n) is 1.72. The molecule has 1 heterocycles. The maximum absolute atomic E-state index is 11.6. The molecule has 1 aromatic rings. The van der Waals surface area contributed by atoms with E-state index in [1.54, 1.807) is 6.20 Å². The van der Waals surface area contributed by atoms with Gasteiger partial charge in [-0.15, -0.1) is 5.10 Å². The topological polar surface area (TPSA) is 97.1 Å². The molecule has 0 fully saturated rings. The van der Waals surface area contributed by atoms with Crippen molar-refractivity contribution in [1.29, 1.82) is 0 Å². The number of unbranched alkanes of at least 4 members (excludes halogenated alkanes) is 2. The summed E-state index contributed by atoms with van der Waals surface area (Å²) in [5.41, 5.74) is 0.789. The predicted octanol–water partition coefficient (Wildman–Crippen LogP) is 0.992. The van der Waals surface area contributed by atoms with Gasteiger partial charge < -0.3 is 10.4 Å². The van der Waals surface area contributed by atoms with Gasteiger partial charge in [0, 0.05) is 19.2 Å². The van der Waals surface area contributed by atoms with E-state index >= 15 is 0 Å². The molecule has 7 heteroatoms. The van der Waals surface area contributed by atoms with E-state index in [1.807, 2.05) is 0 Å². The van der Waals surface area contributed by atoms with Gasteiger partial charge >= 0.3 is 5.97 Å². The Balaban J connectivity index is 2.24. The molecule has 0 bridgehead atoms. The van der Waals surface area contributed by atoms with Gasteiger partial charge in [-0.05, 0) is 25.7 Å². The summed E-state index contributed by atoms with van der Waals surface area (Å²) < 4.78 is 1.51. The van der Waals surface area contributed by atoms with Crippen molar-refractivity contribution in [3.8, 4) is 0 Å². The van der Waals surface area contributed by atoms with Crippen molar-refractivity contribution in [1.82, 2.24) is 20.3 Å². The molecular formula is C13H22N4O3. The number of aromatic nitrogens is 3. The molecule has 0 aliphatic carbocycles. The first-order valence-electron chi connectivity index (χ1n) is 6.99. The van der Waals surface area contributed by atoms with Crippen LogP contribution in [-0.4, -0.2) is 38.5 Å². The second kappa shape index (κ2) is 9.06. The summed E-state index contributed by atoms with van der Waals surface area (Å²) in [6, 6.07) is 0. The molecule has 0 aliphatic heterocycles. The van der Waals surface area contributed by atoms with E-state index in [1.165, 1.54) is 4.68 Å². The maximum atomic E-state index is 11.6. The third-order valence-corrected chi connectivity index (χ3v) is 2.82. The molecule has 112 valence electrons. The van der Waals surface area contributed by atoms with Gasteiger partial charge in [-0.2, -0.15) is 0 Å². The highest BCUT2D eigenvalue weighted by atomic mass is 16.4. The second-order valence-electron chi connectivity index (χ2n) is 4.71. The van der Waals surface area contributed by atoms with E-state index in [0.717, 1.165) is 25.0 Å². The van der Waals surface area contributed by atoms with Gasteiger partial charge in [0.2, 0.25) is 5.91 Å². The van der Waals surface area contributed by atoms with Crippen LogP contribution in [0.25, 0.3) is 0 Å². The molecule has 1 aromatic heterocycles. The Morgan fingerprint density at radius 2 is 2.15 bits per heavy atom. The number of carboxylic acids is 1. The lowest BCUT2D eigenvalue weighted by Gasteiger charge is -2.03. The number of hydrogen-bond acceptors (Lipinski definition) is 4. The minimum Gasteiger partial charge on any atom is -0.481 e. The molecule has 0 atom stereocenters. The highest BCUT2D eigenvalue weighted by Gasteiger charge is 2.06. The molecule has 0 unspecified atom stereocenters. The molecule has 0 saturated carbocycles. The largest absolute Gasteiger partial charge is 0.481 e. The summed E-state index contributed by atoms with van der Waals surface area (Å²) >= 11 is 0. The highest BCUT2D eigenvalue weighted by molar-refractivity contribution is 5.75. The van der Waals surface area contributed by atoms with Gasteiger partial charge in [-0.1, -0.05) is 18.6 Å². The molecule has 1 amide bonds. The van der Waals surface area contributed by atoms with Crippen molar-refractivity contribution < 1.29 is 14.7 Å². The zero-order chi connectivity index (χ0) is 14.8. The minimum absolute atomic E-state index is 0.0687. The number of rotatable bonds is 10. The molecule has 0 aliphatic rings. The smallest absolute Gasteiger partial charge is 0.303 e. The van der Waals surface area contributed by atoms with Crippen molar-refractivity contribution in [2.75, 3.05) is 6.54 Å². The number of carbonyl (C=O) groups is 2. The summed E-state index contributed by atoms with van der Waals surface area (Å²) in [7, 11) is 0. The Hall–Kier alpha value is -1.92. The van der Waals surface area contributed by atoms with Crippen LogP contribution >= 0.6 is 0 Å². The van der Waals surface area contributed by atoms with E-state index in [4.69, 9.17) is 5.11 Å². The predicted molar refractivity (Wildman–Crippen MR) is 73.1 cm³/mol. The number of aryl methyl sites for hydroxylation is 1. The first kappa shape index (κ1) is 16.1. The van der Waals surface area contributed by atoms with Crippen molar-refractivity contribution in [3.63, 3.8) is 0 Å². The van der Waals surface area contributed by atoms with Gasteiger partial charge in [0.05, 0.1) is 5.69 Å². The average Bonchev–Trinajstić information content (AvgIpc) is 2.82. The van der Waals surface area contributed by atoms with Crippen LogP contribution in [0, 0.1) is 0 Å². The van der Waals surface area contributed by atoms with Crippen LogP contribution in [0.2, 0.25) is 0 Å². The van der Waals surface area contributed by atoms with Crippen molar-refractivity contribution in [3.05, 3.63) is 11.9 Å². The number of nitrogens with zero attached hydrogens (tertiary/aromatic N) is 3. The Morgan fingerprint density at radius 1 is 1.35 bits per heavy atom. The molecular weight excluding hydrogens is 260 g/mol. The third-order valence-electron chi connectivity index (χ3n) is 2.82. The van der Waals surface area contributed by atoms with E-state index in [-0.39, 0.29) is 18.9 Å². The van der Waals surface area contributed by atoms with Gasteiger partial charge in [0.25, 0.3) is 0 Å². The average molecular weight is 282 g/mol. The third kappa shape index (κ3) is 6.86. The number of hydrogen-bond donors (Lipinski definition) is 2. The SMILES string of the molecule is CCCCNC(=O)Cn1cc(CCCCC(=O)O)nn1. The van der Waals surface area contributed by atoms with Crippen LogP contribution in [0.1, 0.15) is 44.7 Å². The van der Waals surface area contributed by atoms with E-state index in [2.05, 4.69) is 22.6 Å². The fraction of sp³-hybridized carbons (Fsp3) is 0.692. The van der Waals surface area contributed by atoms with Crippen LogP contribution in [0.15, 0.2) is 6.20 Å². The van der Waals surface area contributed by atoms with Gasteiger partial charge in [0.15, 0.2) is 0 Å². The van der Waals surface area contributed by atoms with Crippen LogP contribution < -0.4 is 5.32 Å². The fourth-order valence-corrected chi connectivity index (χ4v) is 1.72. The molecule has 0 aromatic carbocycles. The quantitative estimate of drug-likeness (QED) is 0.624. The summed E-state index contributed by atoms with van der Waals surface area (Å²) in [6.45, 7) is 2.93. The second-order valence-corrected chi connectivity index (χ2v) is 4.71. The maximum Gasteiger partial charge on any atom is 0.303 e. The van der Waals surface area contributed by atoms with E-state index in [0.29, 0.717) is 19.4 Å². The molecule has 7 nitrogen and oxygen atoms in total. The van der Waals surface area contributed by atoms with Crippen molar-refractivity contribution >= 4 is 11.9 Å². The Bertz CT molecular complexity index is 431. The lowest BCUT2D eigenvalue weighted by Crippen LogP contribution is -2.28. The van der Waals surface area contributed by atoms with Gasteiger partial charge in [-0.3, -0.25) is 9.59 Å². The standard InChI is InChI=1S/C13H22N4O3/c1-2-3-8-14-12(18)10-17-9-11(15-16-17)6-4-5-7-13(19)20/h9H,2-8,10H2,1H3,(H,14,18)(H,19,20). The van der Waals surface area contributed by atoms with Crippen LogP contribution in [0.5, 0.6) is 0 Å². The zero-order valence-electron chi connectivity index (χ0n) is 11.8. The first-order valence-corrected chi connectivity index (χ1v) is 6.99. The Kier molecular flexibility index (Phi) is 7.31. The summed E-state index contributed by atoms with van der Waals surface area (Å²) in [5.74, 6) is -0.849. The zero-order valence-corrected chi connectivity index (χ0v) is 11.8. The van der Waals surface area contributed by atoms with Crippen molar-refractivity contribution in [2.45, 2.75) is 52.0 Å². The number of carbonyl (C=O) groups excluding carboxylic acids is 1. The number of aliphatic carboxylic acids is 1. The molecule has 0 spiro atoms. The van der Waals surface area contributed by atoms with Gasteiger partial charge in [0.1, 0.15) is 6.54 Å². The molecule has 2 N–H and O–H groups in total. The summed E-state index contributed by atoms with van der Waals surface area (Å²) in [5, 5.41) is 19.2. The summed E-state index contributed by atoms with van der Waals surface area (Å²) in [6.07, 6.45) is 5.99. The van der Waals surface area contributed by atoms with Crippen LogP contribution in [0.3, 0.4) is 0 Å². The lowest BCUT2D eigenvalue weighted by molar-refractivity contribution is -0.137. The van der Waals surface area contributed by atoms with E-state index in [9.17, 15) is 9.59 Å². The number of nitrogens with one attached hydrogen (secondary N) is 1. The normalized spacial score (nSPS) is 10.4. The number of carboxylic acid groups (broad SMARTS) is 1. The minimum atomic E-state index is -0.780. The van der Waals surface area contributed by atoms with Gasteiger partial charge in [-0.25, -0.2) is 4.68 Å².